The molecule has 0 aliphatic carbocycles. The number of hydrogen-bond acceptors (Lipinski definition) is 4. The van der Waals surface area contributed by atoms with E-state index in [9.17, 15) is 18.7 Å². The SMILES string of the molecule is O=C(Nc1ccc(F)cc1F)c1cc(-c2cccc(O)c2)on1. The molecule has 1 heterocycles. The number of aromatic nitrogens is 1. The Hall–Kier alpha value is -3.22. The van der Waals surface area contributed by atoms with Crippen LogP contribution in [-0.2, 0) is 0 Å². The number of aromatic hydroxyl groups is 1. The van der Waals surface area contributed by atoms with Gasteiger partial charge >= 0.3 is 0 Å². The quantitative estimate of drug-likeness (QED) is 0.774. The zero-order valence-corrected chi connectivity index (χ0v) is 11.6. The molecule has 1 aromatic heterocycles. The van der Waals surface area contributed by atoms with Crippen LogP contribution < -0.4 is 5.32 Å². The van der Waals surface area contributed by atoms with Crippen LogP contribution in [0, 0.1) is 11.6 Å². The number of phenols is 1. The fourth-order valence-electron chi connectivity index (χ4n) is 1.95. The minimum Gasteiger partial charge on any atom is -0.508 e. The van der Waals surface area contributed by atoms with Crippen molar-refractivity contribution >= 4 is 11.6 Å². The van der Waals surface area contributed by atoms with Crippen LogP contribution in [0.25, 0.3) is 11.3 Å². The van der Waals surface area contributed by atoms with Crippen molar-refractivity contribution < 1.29 is 23.2 Å². The van der Waals surface area contributed by atoms with Gasteiger partial charge in [-0.15, -0.1) is 0 Å². The second kappa shape index (κ2) is 5.88. The molecule has 7 heteroatoms. The molecule has 116 valence electrons. The van der Waals surface area contributed by atoms with E-state index < -0.39 is 17.5 Å². The van der Waals surface area contributed by atoms with Gasteiger partial charge in [-0.05, 0) is 24.3 Å². The number of anilines is 1. The van der Waals surface area contributed by atoms with Gasteiger partial charge in [0.25, 0.3) is 5.91 Å². The maximum atomic E-state index is 13.5. The molecule has 3 rings (SSSR count). The minimum atomic E-state index is -0.893. The summed E-state index contributed by atoms with van der Waals surface area (Å²) in [7, 11) is 0. The summed E-state index contributed by atoms with van der Waals surface area (Å²) in [5, 5.41) is 15.3. The first kappa shape index (κ1) is 14.7. The molecule has 1 amide bonds. The number of nitrogens with zero attached hydrogens (tertiary/aromatic N) is 1. The zero-order valence-electron chi connectivity index (χ0n) is 11.6. The van der Waals surface area contributed by atoms with E-state index in [0.717, 1.165) is 12.1 Å². The van der Waals surface area contributed by atoms with Crippen LogP contribution in [0.5, 0.6) is 5.75 Å². The molecule has 0 saturated heterocycles. The highest BCUT2D eigenvalue weighted by Crippen LogP contribution is 2.24. The maximum Gasteiger partial charge on any atom is 0.277 e. The average molecular weight is 316 g/mol. The molecule has 2 aromatic carbocycles. The Morgan fingerprint density at radius 1 is 1.13 bits per heavy atom. The van der Waals surface area contributed by atoms with Crippen molar-refractivity contribution in [2.24, 2.45) is 0 Å². The molecule has 5 nitrogen and oxygen atoms in total. The number of amides is 1. The molecule has 3 aromatic rings. The lowest BCUT2D eigenvalue weighted by molar-refractivity contribution is 0.101. The second-order valence-corrected chi connectivity index (χ2v) is 4.71. The Labute approximate surface area is 129 Å². The van der Waals surface area contributed by atoms with E-state index in [1.54, 1.807) is 12.1 Å². The highest BCUT2D eigenvalue weighted by atomic mass is 19.1. The van der Waals surface area contributed by atoms with Crippen molar-refractivity contribution in [1.82, 2.24) is 5.16 Å². The van der Waals surface area contributed by atoms with Crippen molar-refractivity contribution in [3.8, 4) is 17.1 Å². The Balaban J connectivity index is 1.81. The summed E-state index contributed by atoms with van der Waals surface area (Å²) in [4.78, 5) is 12.0. The first-order valence-electron chi connectivity index (χ1n) is 6.55. The van der Waals surface area contributed by atoms with E-state index in [4.69, 9.17) is 4.52 Å². The summed E-state index contributed by atoms with van der Waals surface area (Å²) >= 11 is 0. The number of carbonyl (C=O) groups excluding carboxylic acids is 1. The van der Waals surface area contributed by atoms with Crippen LogP contribution >= 0.6 is 0 Å². The number of phenolic OH excluding ortho intramolecular Hbond substituents is 1. The summed E-state index contributed by atoms with van der Waals surface area (Å²) < 4.78 is 31.4. The van der Waals surface area contributed by atoms with Gasteiger partial charge in [0.1, 0.15) is 17.4 Å². The standard InChI is InChI=1S/C16H10F2N2O3/c17-10-4-5-13(12(18)7-10)19-16(22)14-8-15(23-20-14)9-2-1-3-11(21)6-9/h1-8,21H,(H,19,22). The normalized spacial score (nSPS) is 10.5. The van der Waals surface area contributed by atoms with Crippen LogP contribution in [0.15, 0.2) is 53.1 Å². The van der Waals surface area contributed by atoms with Crippen LogP contribution in [0.1, 0.15) is 10.5 Å². The van der Waals surface area contributed by atoms with Crippen LogP contribution in [0.3, 0.4) is 0 Å². The van der Waals surface area contributed by atoms with E-state index >= 15 is 0 Å². The monoisotopic (exact) mass is 316 g/mol. The molecular weight excluding hydrogens is 306 g/mol. The van der Waals surface area contributed by atoms with Crippen molar-refractivity contribution in [1.29, 1.82) is 0 Å². The van der Waals surface area contributed by atoms with Crippen LogP contribution in [0.4, 0.5) is 14.5 Å². The van der Waals surface area contributed by atoms with Gasteiger partial charge in [0.15, 0.2) is 11.5 Å². The van der Waals surface area contributed by atoms with Crippen LogP contribution in [-0.4, -0.2) is 16.2 Å². The fourth-order valence-corrected chi connectivity index (χ4v) is 1.95. The van der Waals surface area contributed by atoms with Gasteiger partial charge < -0.3 is 14.9 Å². The molecule has 0 unspecified atom stereocenters. The molecule has 23 heavy (non-hydrogen) atoms. The minimum absolute atomic E-state index is 0.0401. The number of halogens is 2. The third-order valence-electron chi connectivity index (χ3n) is 3.05. The molecule has 0 atom stereocenters. The van der Waals surface area contributed by atoms with Crippen molar-refractivity contribution in [3.63, 3.8) is 0 Å². The first-order chi connectivity index (χ1) is 11.0. The molecule has 0 bridgehead atoms. The maximum absolute atomic E-state index is 13.5. The Bertz CT molecular complexity index is 877. The highest BCUT2D eigenvalue weighted by Gasteiger charge is 2.16. The summed E-state index contributed by atoms with van der Waals surface area (Å²) in [5.41, 5.74) is 0.287. The van der Waals surface area contributed by atoms with Crippen molar-refractivity contribution in [2.45, 2.75) is 0 Å². The van der Waals surface area contributed by atoms with Crippen molar-refractivity contribution in [2.75, 3.05) is 5.32 Å². The van der Waals surface area contributed by atoms with E-state index in [1.165, 1.54) is 18.2 Å². The lowest BCUT2D eigenvalue weighted by Gasteiger charge is -2.03. The summed E-state index contributed by atoms with van der Waals surface area (Å²) in [6.07, 6.45) is 0. The van der Waals surface area contributed by atoms with E-state index in [-0.39, 0.29) is 22.9 Å². The van der Waals surface area contributed by atoms with Gasteiger partial charge in [0, 0.05) is 17.7 Å². The molecule has 0 fully saturated rings. The van der Waals surface area contributed by atoms with E-state index in [0.29, 0.717) is 11.6 Å². The van der Waals surface area contributed by atoms with Gasteiger partial charge in [-0.1, -0.05) is 17.3 Å². The number of rotatable bonds is 3. The van der Waals surface area contributed by atoms with Gasteiger partial charge in [0.2, 0.25) is 0 Å². The fraction of sp³-hybridized carbons (Fsp3) is 0. The third-order valence-corrected chi connectivity index (χ3v) is 3.05. The smallest absolute Gasteiger partial charge is 0.277 e. The Morgan fingerprint density at radius 3 is 2.70 bits per heavy atom. The molecule has 0 aliphatic rings. The largest absolute Gasteiger partial charge is 0.508 e. The third kappa shape index (κ3) is 3.18. The number of carbonyl (C=O) groups is 1. The summed E-state index contributed by atoms with van der Waals surface area (Å²) in [6.45, 7) is 0. The van der Waals surface area contributed by atoms with Gasteiger partial charge in [-0.25, -0.2) is 8.78 Å². The average Bonchev–Trinajstić information content (AvgIpc) is 3.00. The van der Waals surface area contributed by atoms with Gasteiger partial charge in [0.05, 0.1) is 5.69 Å². The number of nitrogens with one attached hydrogen (secondary N) is 1. The molecular formula is C16H10F2N2O3. The molecule has 0 radical (unpaired) electrons. The number of hydrogen-bond donors (Lipinski definition) is 2. The van der Waals surface area contributed by atoms with E-state index in [2.05, 4.69) is 10.5 Å². The summed E-state index contributed by atoms with van der Waals surface area (Å²) in [6, 6.07) is 10.4. The first-order valence-corrected chi connectivity index (χ1v) is 6.55. The second-order valence-electron chi connectivity index (χ2n) is 4.71. The predicted octanol–water partition coefficient (Wildman–Crippen LogP) is 3.58. The van der Waals surface area contributed by atoms with Gasteiger partial charge in [-0.3, -0.25) is 4.79 Å². The highest BCUT2D eigenvalue weighted by molar-refractivity contribution is 6.03. The molecule has 0 saturated carbocycles. The van der Waals surface area contributed by atoms with Crippen molar-refractivity contribution in [3.05, 3.63) is 65.9 Å². The van der Waals surface area contributed by atoms with Gasteiger partial charge in [-0.2, -0.15) is 0 Å². The molecule has 0 spiro atoms. The Morgan fingerprint density at radius 2 is 1.96 bits per heavy atom. The zero-order chi connectivity index (χ0) is 16.4. The Kier molecular flexibility index (Phi) is 3.76. The predicted molar refractivity (Wildman–Crippen MR) is 77.9 cm³/mol. The topological polar surface area (TPSA) is 75.4 Å². The van der Waals surface area contributed by atoms with Crippen LogP contribution in [0.2, 0.25) is 0 Å². The molecule has 2 N–H and O–H groups in total. The summed E-state index contributed by atoms with van der Waals surface area (Å²) in [5.74, 6) is -2.03. The lowest BCUT2D eigenvalue weighted by atomic mass is 10.1. The lowest BCUT2D eigenvalue weighted by Crippen LogP contribution is -2.13. The molecule has 0 aliphatic heterocycles. The van der Waals surface area contributed by atoms with E-state index in [1.807, 2.05) is 0 Å². The number of benzene rings is 2.